The Morgan fingerprint density at radius 2 is 2.00 bits per heavy atom. The van der Waals surface area contributed by atoms with Crippen molar-refractivity contribution >= 4 is 45.0 Å². The molecule has 4 aromatic rings. The number of fused-ring (bicyclic) bond motifs is 3. The topological polar surface area (TPSA) is 74.7 Å². The zero-order valence-electron chi connectivity index (χ0n) is 25.5. The molecule has 0 bridgehead atoms. The minimum Gasteiger partial charge on any atom is -0.461 e. The third kappa shape index (κ3) is 5.75. The number of amides is 1. The second-order valence-electron chi connectivity index (χ2n) is 12.5. The fourth-order valence-electron chi connectivity index (χ4n) is 7.52. The number of aromatic nitrogens is 3. The molecule has 2 aromatic carbocycles. The van der Waals surface area contributed by atoms with Crippen LogP contribution in [0, 0.1) is 5.82 Å². The third-order valence-corrected chi connectivity index (χ3v) is 10.00. The average molecular weight is 669 g/mol. The van der Waals surface area contributed by atoms with Crippen molar-refractivity contribution in [3.8, 4) is 17.3 Å². The molecule has 0 radical (unpaired) electrons. The van der Waals surface area contributed by atoms with E-state index in [1.54, 1.807) is 24.3 Å². The van der Waals surface area contributed by atoms with Crippen molar-refractivity contribution in [2.45, 2.75) is 49.9 Å². The van der Waals surface area contributed by atoms with E-state index < -0.39 is 36.5 Å². The van der Waals surface area contributed by atoms with Gasteiger partial charge in [0.2, 0.25) is 5.91 Å². The molecule has 2 aromatic heterocycles. The Labute approximate surface area is 274 Å². The Kier molecular flexibility index (Phi) is 8.42. The van der Waals surface area contributed by atoms with E-state index >= 15 is 4.39 Å². The second kappa shape index (κ2) is 12.5. The number of anilines is 1. The Hall–Kier alpha value is -4.03. The summed E-state index contributed by atoms with van der Waals surface area (Å²) in [4.78, 5) is 30.9. The quantitative estimate of drug-likeness (QED) is 0.150. The number of ether oxygens (including phenoxy) is 1. The highest BCUT2D eigenvalue weighted by Gasteiger charge is 2.49. The first kappa shape index (κ1) is 31.6. The minimum atomic E-state index is -2.77. The lowest BCUT2D eigenvalue weighted by atomic mass is 9.95. The molecule has 246 valence electrons. The number of halogens is 5. The largest absolute Gasteiger partial charge is 0.461 e. The Bertz CT molecular complexity index is 1860. The molecule has 3 aliphatic heterocycles. The van der Waals surface area contributed by atoms with Crippen molar-refractivity contribution in [3.63, 3.8) is 0 Å². The van der Waals surface area contributed by atoms with Crippen LogP contribution in [0.3, 0.4) is 0 Å². The van der Waals surface area contributed by atoms with Crippen LogP contribution in [0.4, 0.5) is 23.4 Å². The summed E-state index contributed by atoms with van der Waals surface area (Å²) in [5.41, 5.74) is -0.285. The molecule has 7 rings (SSSR count). The van der Waals surface area contributed by atoms with Crippen LogP contribution in [0.15, 0.2) is 55.3 Å². The lowest BCUT2D eigenvalue weighted by Gasteiger charge is -2.32. The van der Waals surface area contributed by atoms with Gasteiger partial charge in [-0.3, -0.25) is 14.7 Å². The normalized spacial score (nSPS) is 22.8. The standard InChI is InChI=1S/C34H33ClF4N6O2/c1-2-27(46)43-13-10-22(17-43)45(18-26(37)38)32-24-15-40-30(23-8-3-6-20-7-4-9-25(35)28(20)23)29(39)31(24)41-33(42-32)47-19-34-11-5-12-44(34)16-21(36)14-34/h2-4,6-9,15,21-22,26H,1,5,10-14,16-19H2/t21-,22-,34+/m1/s1. The Morgan fingerprint density at radius 3 is 2.79 bits per heavy atom. The van der Waals surface area contributed by atoms with Crippen LogP contribution in [0.5, 0.6) is 6.01 Å². The fourth-order valence-corrected chi connectivity index (χ4v) is 7.80. The molecule has 1 amide bonds. The SMILES string of the molecule is C=CC(=O)N1CC[C@@H](N(CC(F)F)c2nc(OC[C@@]34CCCN3C[C@H](F)C4)nc3c(F)c(-c4cccc5cccc(Cl)c45)ncc23)C1. The summed E-state index contributed by atoms with van der Waals surface area (Å²) in [7, 11) is 0. The maximum absolute atomic E-state index is 16.8. The van der Waals surface area contributed by atoms with Gasteiger partial charge in [0, 0.05) is 54.3 Å². The molecule has 13 heteroatoms. The van der Waals surface area contributed by atoms with E-state index in [0.717, 1.165) is 24.8 Å². The highest BCUT2D eigenvalue weighted by atomic mass is 35.5. The van der Waals surface area contributed by atoms with Gasteiger partial charge >= 0.3 is 6.01 Å². The van der Waals surface area contributed by atoms with E-state index in [1.165, 1.54) is 22.1 Å². The number of pyridine rings is 1. The van der Waals surface area contributed by atoms with Gasteiger partial charge in [0.15, 0.2) is 5.82 Å². The average Bonchev–Trinajstić information content (AvgIpc) is 3.77. The van der Waals surface area contributed by atoms with Crippen molar-refractivity contribution in [2.24, 2.45) is 0 Å². The van der Waals surface area contributed by atoms with E-state index in [-0.39, 0.29) is 47.5 Å². The highest BCUT2D eigenvalue weighted by molar-refractivity contribution is 6.36. The zero-order valence-corrected chi connectivity index (χ0v) is 26.3. The summed E-state index contributed by atoms with van der Waals surface area (Å²) in [5.74, 6) is -1.08. The van der Waals surface area contributed by atoms with Gasteiger partial charge in [0.25, 0.3) is 6.43 Å². The van der Waals surface area contributed by atoms with Crippen molar-refractivity contribution < 1.29 is 27.1 Å². The molecular weight excluding hydrogens is 636 g/mol. The molecule has 3 fully saturated rings. The van der Waals surface area contributed by atoms with Gasteiger partial charge in [0.05, 0.1) is 17.5 Å². The summed E-state index contributed by atoms with van der Waals surface area (Å²) in [6, 6.07) is 9.94. The smallest absolute Gasteiger partial charge is 0.319 e. The summed E-state index contributed by atoms with van der Waals surface area (Å²) >= 11 is 6.56. The van der Waals surface area contributed by atoms with Gasteiger partial charge < -0.3 is 14.5 Å². The van der Waals surface area contributed by atoms with Crippen molar-refractivity contribution in [1.29, 1.82) is 0 Å². The zero-order chi connectivity index (χ0) is 32.9. The van der Waals surface area contributed by atoms with Gasteiger partial charge in [-0.05, 0) is 43.3 Å². The van der Waals surface area contributed by atoms with Gasteiger partial charge in [-0.1, -0.05) is 48.5 Å². The van der Waals surface area contributed by atoms with Crippen LogP contribution in [0.1, 0.15) is 25.7 Å². The number of hydrogen-bond acceptors (Lipinski definition) is 7. The molecule has 0 unspecified atom stereocenters. The molecule has 5 heterocycles. The number of likely N-dealkylation sites (tertiary alicyclic amines) is 1. The number of nitrogens with zero attached hydrogens (tertiary/aromatic N) is 6. The van der Waals surface area contributed by atoms with Crippen LogP contribution in [0.25, 0.3) is 32.9 Å². The number of alkyl halides is 3. The van der Waals surface area contributed by atoms with Crippen LogP contribution in [-0.4, -0.2) is 94.2 Å². The summed E-state index contributed by atoms with van der Waals surface area (Å²) < 4.78 is 65.7. The van der Waals surface area contributed by atoms with E-state index in [9.17, 15) is 18.0 Å². The molecule has 0 N–H and O–H groups in total. The van der Waals surface area contributed by atoms with Crippen LogP contribution >= 0.6 is 11.6 Å². The third-order valence-electron chi connectivity index (χ3n) is 9.68. The predicted octanol–water partition coefficient (Wildman–Crippen LogP) is 6.45. The molecule has 3 aliphatic rings. The van der Waals surface area contributed by atoms with E-state index in [0.29, 0.717) is 41.9 Å². The fraction of sp³-hybridized carbons (Fsp3) is 0.412. The Balaban J connectivity index is 1.36. The molecule has 0 aliphatic carbocycles. The first-order chi connectivity index (χ1) is 22.7. The monoisotopic (exact) mass is 668 g/mol. The number of carbonyl (C=O) groups is 1. The minimum absolute atomic E-state index is 0.0209. The second-order valence-corrected chi connectivity index (χ2v) is 12.9. The lowest BCUT2D eigenvalue weighted by molar-refractivity contribution is -0.125. The van der Waals surface area contributed by atoms with Gasteiger partial charge in [0.1, 0.15) is 29.8 Å². The number of carbonyl (C=O) groups excluding carboxylic acids is 1. The van der Waals surface area contributed by atoms with E-state index in [4.69, 9.17) is 16.3 Å². The summed E-state index contributed by atoms with van der Waals surface area (Å²) in [5, 5.41) is 1.92. The van der Waals surface area contributed by atoms with Gasteiger partial charge in [-0.2, -0.15) is 9.97 Å². The van der Waals surface area contributed by atoms with Crippen LogP contribution in [0.2, 0.25) is 5.02 Å². The highest BCUT2D eigenvalue weighted by Crippen LogP contribution is 2.41. The lowest BCUT2D eigenvalue weighted by Crippen LogP contribution is -2.44. The molecule has 3 atom stereocenters. The molecule has 0 spiro atoms. The molecular formula is C34H33ClF4N6O2. The predicted molar refractivity (Wildman–Crippen MR) is 172 cm³/mol. The molecule has 3 saturated heterocycles. The van der Waals surface area contributed by atoms with Crippen molar-refractivity contribution in [3.05, 3.63) is 66.1 Å². The molecule has 8 nitrogen and oxygen atoms in total. The maximum atomic E-state index is 16.8. The Morgan fingerprint density at radius 1 is 1.19 bits per heavy atom. The van der Waals surface area contributed by atoms with Gasteiger partial charge in [-0.25, -0.2) is 17.6 Å². The molecule has 0 saturated carbocycles. The summed E-state index contributed by atoms with van der Waals surface area (Å²) in [6.45, 7) is 4.42. The number of rotatable bonds is 9. The first-order valence-corrected chi connectivity index (χ1v) is 16.1. The van der Waals surface area contributed by atoms with Crippen molar-refractivity contribution in [1.82, 2.24) is 24.8 Å². The van der Waals surface area contributed by atoms with Crippen molar-refractivity contribution in [2.75, 3.05) is 44.2 Å². The number of hydrogen-bond donors (Lipinski definition) is 0. The van der Waals surface area contributed by atoms with Crippen LogP contribution in [-0.2, 0) is 4.79 Å². The first-order valence-electron chi connectivity index (χ1n) is 15.7. The molecule has 47 heavy (non-hydrogen) atoms. The summed E-state index contributed by atoms with van der Waals surface area (Å²) in [6.07, 6.45) is 1.10. The van der Waals surface area contributed by atoms with Crippen LogP contribution < -0.4 is 9.64 Å². The van der Waals surface area contributed by atoms with E-state index in [1.807, 2.05) is 12.1 Å². The number of benzene rings is 2. The van der Waals surface area contributed by atoms with E-state index in [2.05, 4.69) is 26.4 Å². The maximum Gasteiger partial charge on any atom is 0.319 e. The van der Waals surface area contributed by atoms with Gasteiger partial charge in [-0.15, -0.1) is 0 Å².